The molecule has 2 rings (SSSR count). The number of aromatic nitrogens is 1. The summed E-state index contributed by atoms with van der Waals surface area (Å²) in [6.45, 7) is 1.79. The molecule has 0 bridgehead atoms. The predicted molar refractivity (Wildman–Crippen MR) is 70.3 cm³/mol. The molecule has 0 saturated carbocycles. The first-order chi connectivity index (χ1) is 8.97. The molecule has 0 aliphatic carbocycles. The van der Waals surface area contributed by atoms with Gasteiger partial charge in [-0.25, -0.2) is 9.78 Å². The number of aromatic carboxylic acids is 1. The Balaban J connectivity index is 2.15. The third kappa shape index (κ3) is 3.00. The van der Waals surface area contributed by atoms with Crippen LogP contribution < -0.4 is 5.32 Å². The summed E-state index contributed by atoms with van der Waals surface area (Å²) < 4.78 is 5.71. The molecule has 7 heteroatoms. The molecule has 0 atom stereocenters. The van der Waals surface area contributed by atoms with Gasteiger partial charge in [0.2, 0.25) is 0 Å². The van der Waals surface area contributed by atoms with Crippen molar-refractivity contribution in [2.24, 2.45) is 0 Å². The van der Waals surface area contributed by atoms with Gasteiger partial charge in [0.15, 0.2) is 5.76 Å². The van der Waals surface area contributed by atoms with E-state index in [1.807, 2.05) is 0 Å². The molecular formula is C12H9BrN2O4. The second-order valence-electron chi connectivity index (χ2n) is 3.72. The van der Waals surface area contributed by atoms with Crippen LogP contribution in [0.1, 0.15) is 26.6 Å². The maximum atomic E-state index is 11.8. The Hall–Kier alpha value is -2.15. The highest BCUT2D eigenvalue weighted by molar-refractivity contribution is 9.10. The van der Waals surface area contributed by atoms with E-state index in [1.54, 1.807) is 19.1 Å². The number of carbonyl (C=O) groups is 2. The van der Waals surface area contributed by atoms with Crippen LogP contribution in [0, 0.1) is 6.92 Å². The van der Waals surface area contributed by atoms with E-state index in [4.69, 9.17) is 9.52 Å². The van der Waals surface area contributed by atoms with Crippen LogP contribution >= 0.6 is 15.9 Å². The number of anilines is 1. The van der Waals surface area contributed by atoms with Crippen molar-refractivity contribution in [1.82, 2.24) is 4.98 Å². The molecule has 0 unspecified atom stereocenters. The summed E-state index contributed by atoms with van der Waals surface area (Å²) in [6, 6.07) is 4.53. The Labute approximate surface area is 116 Å². The number of nitrogens with one attached hydrogen (secondary N) is 1. The van der Waals surface area contributed by atoms with Crippen LogP contribution in [0.5, 0.6) is 0 Å². The number of aryl methyl sites for hydroxylation is 1. The first kappa shape index (κ1) is 13.3. The minimum Gasteiger partial charge on any atom is -0.478 e. The molecule has 19 heavy (non-hydrogen) atoms. The topological polar surface area (TPSA) is 92.4 Å². The van der Waals surface area contributed by atoms with Crippen LogP contribution in [0.25, 0.3) is 0 Å². The van der Waals surface area contributed by atoms with Crippen LogP contribution in [0.4, 0.5) is 5.82 Å². The van der Waals surface area contributed by atoms with Crippen LogP contribution in [0.15, 0.2) is 33.4 Å². The molecule has 98 valence electrons. The van der Waals surface area contributed by atoms with E-state index in [0.29, 0.717) is 5.82 Å². The van der Waals surface area contributed by atoms with Gasteiger partial charge in [-0.3, -0.25) is 4.79 Å². The van der Waals surface area contributed by atoms with Crippen molar-refractivity contribution in [3.8, 4) is 0 Å². The number of halogens is 1. The lowest BCUT2D eigenvalue weighted by molar-refractivity contribution is 0.0696. The van der Waals surface area contributed by atoms with E-state index in [2.05, 4.69) is 26.2 Å². The fourth-order valence-corrected chi connectivity index (χ4v) is 1.58. The summed E-state index contributed by atoms with van der Waals surface area (Å²) >= 11 is 3.30. The molecule has 2 heterocycles. The molecule has 0 spiro atoms. The van der Waals surface area contributed by atoms with Gasteiger partial charge in [-0.2, -0.15) is 0 Å². The normalized spacial score (nSPS) is 10.2. The van der Waals surface area contributed by atoms with Gasteiger partial charge >= 0.3 is 5.97 Å². The quantitative estimate of drug-likeness (QED) is 0.905. The summed E-state index contributed by atoms with van der Waals surface area (Å²) in [7, 11) is 0. The van der Waals surface area contributed by atoms with E-state index in [9.17, 15) is 9.59 Å². The van der Waals surface area contributed by atoms with Crippen LogP contribution in [-0.4, -0.2) is 22.0 Å². The number of pyridine rings is 1. The van der Waals surface area contributed by atoms with Crippen molar-refractivity contribution in [3.05, 3.63) is 46.0 Å². The lowest BCUT2D eigenvalue weighted by Crippen LogP contribution is -2.12. The maximum absolute atomic E-state index is 11.8. The smallest absolute Gasteiger partial charge is 0.338 e. The number of carbonyl (C=O) groups excluding carboxylic acids is 1. The molecule has 1 amide bonds. The summed E-state index contributed by atoms with van der Waals surface area (Å²) in [5.74, 6) is -1.43. The van der Waals surface area contributed by atoms with Crippen molar-refractivity contribution < 1.29 is 19.1 Å². The van der Waals surface area contributed by atoms with Gasteiger partial charge < -0.3 is 14.8 Å². The molecule has 6 nitrogen and oxygen atoms in total. The second kappa shape index (κ2) is 5.23. The fraction of sp³-hybridized carbons (Fsp3) is 0.0833. The number of hydrogen-bond acceptors (Lipinski definition) is 4. The summed E-state index contributed by atoms with van der Waals surface area (Å²) in [6.07, 6.45) is 1.01. The standard InChI is InChI=1S/C12H9BrN2O4/c1-6-8(13)2-3-10(14-6)15-11(16)9-4-7(5-19-9)12(17)18/h2-5H,1H3,(H,17,18)(H,14,15,16). The number of carboxylic acid groups (broad SMARTS) is 1. The minimum absolute atomic E-state index is 0.0786. The molecular weight excluding hydrogens is 316 g/mol. The molecule has 2 N–H and O–H groups in total. The Morgan fingerprint density at radius 3 is 2.74 bits per heavy atom. The zero-order chi connectivity index (χ0) is 14.0. The highest BCUT2D eigenvalue weighted by Gasteiger charge is 2.15. The Bertz CT molecular complexity index is 651. The maximum Gasteiger partial charge on any atom is 0.338 e. The third-order valence-electron chi connectivity index (χ3n) is 2.33. The molecule has 2 aromatic rings. The number of amides is 1. The zero-order valence-corrected chi connectivity index (χ0v) is 11.4. The van der Waals surface area contributed by atoms with Gasteiger partial charge in [0.1, 0.15) is 12.1 Å². The van der Waals surface area contributed by atoms with Crippen LogP contribution in [0.3, 0.4) is 0 Å². The van der Waals surface area contributed by atoms with Crippen molar-refractivity contribution in [3.63, 3.8) is 0 Å². The number of rotatable bonds is 3. The lowest BCUT2D eigenvalue weighted by Gasteiger charge is -2.04. The average molecular weight is 325 g/mol. The van der Waals surface area contributed by atoms with E-state index in [1.165, 1.54) is 0 Å². The predicted octanol–water partition coefficient (Wildman–Crippen LogP) is 2.70. The number of hydrogen-bond donors (Lipinski definition) is 2. The highest BCUT2D eigenvalue weighted by atomic mass is 79.9. The Morgan fingerprint density at radius 1 is 1.42 bits per heavy atom. The van der Waals surface area contributed by atoms with Gasteiger partial charge in [-0.05, 0) is 35.0 Å². The number of nitrogens with zero attached hydrogens (tertiary/aromatic N) is 1. The SMILES string of the molecule is Cc1nc(NC(=O)c2cc(C(=O)O)co2)ccc1Br. The first-order valence-corrected chi connectivity index (χ1v) is 6.03. The molecule has 0 radical (unpaired) electrons. The molecule has 0 saturated heterocycles. The molecule has 0 aliphatic heterocycles. The molecule has 0 fully saturated rings. The van der Waals surface area contributed by atoms with Gasteiger partial charge in [-0.1, -0.05) is 0 Å². The van der Waals surface area contributed by atoms with Gasteiger partial charge in [0.05, 0.1) is 11.3 Å². The van der Waals surface area contributed by atoms with Crippen molar-refractivity contribution >= 4 is 33.6 Å². The fourth-order valence-electron chi connectivity index (χ4n) is 1.36. The molecule has 0 aliphatic rings. The van der Waals surface area contributed by atoms with Crippen molar-refractivity contribution in [2.75, 3.05) is 5.32 Å². The summed E-state index contributed by atoms with van der Waals surface area (Å²) in [5.41, 5.74) is 0.647. The second-order valence-corrected chi connectivity index (χ2v) is 4.58. The Kier molecular flexibility index (Phi) is 3.66. The largest absolute Gasteiger partial charge is 0.478 e. The molecule has 2 aromatic heterocycles. The van der Waals surface area contributed by atoms with Crippen LogP contribution in [-0.2, 0) is 0 Å². The lowest BCUT2D eigenvalue weighted by atomic mass is 10.3. The number of carboxylic acids is 1. The van der Waals surface area contributed by atoms with E-state index >= 15 is 0 Å². The van der Waals surface area contributed by atoms with Gasteiger partial charge in [0.25, 0.3) is 5.91 Å². The van der Waals surface area contributed by atoms with Crippen molar-refractivity contribution in [1.29, 1.82) is 0 Å². The average Bonchev–Trinajstić information content (AvgIpc) is 2.83. The van der Waals surface area contributed by atoms with E-state index in [0.717, 1.165) is 22.5 Å². The van der Waals surface area contributed by atoms with Crippen LogP contribution in [0.2, 0.25) is 0 Å². The third-order valence-corrected chi connectivity index (χ3v) is 3.17. The minimum atomic E-state index is -1.15. The summed E-state index contributed by atoms with van der Waals surface area (Å²) in [5, 5.41) is 11.2. The van der Waals surface area contributed by atoms with Gasteiger partial charge in [0, 0.05) is 10.5 Å². The van der Waals surface area contributed by atoms with Crippen molar-refractivity contribution in [2.45, 2.75) is 6.92 Å². The highest BCUT2D eigenvalue weighted by Crippen LogP contribution is 2.17. The Morgan fingerprint density at radius 2 is 2.16 bits per heavy atom. The summed E-state index contributed by atoms with van der Waals surface area (Å²) in [4.78, 5) is 26.6. The van der Waals surface area contributed by atoms with Gasteiger partial charge in [-0.15, -0.1) is 0 Å². The monoisotopic (exact) mass is 324 g/mol. The zero-order valence-electron chi connectivity index (χ0n) is 9.81. The van der Waals surface area contributed by atoms with E-state index in [-0.39, 0.29) is 11.3 Å². The van der Waals surface area contributed by atoms with E-state index < -0.39 is 11.9 Å². The number of furan rings is 1. The first-order valence-electron chi connectivity index (χ1n) is 5.23. The molecule has 0 aromatic carbocycles.